The normalized spacial score (nSPS) is 15.4. The molecule has 1 aliphatic rings. The van der Waals surface area contributed by atoms with Gasteiger partial charge in [0.15, 0.2) is 5.11 Å². The third kappa shape index (κ3) is 7.26. The Balaban J connectivity index is 1.21. The zero-order valence-electron chi connectivity index (χ0n) is 22.7. The first kappa shape index (κ1) is 28.6. The maximum atomic E-state index is 13.6. The number of amides is 2. The molecule has 0 radical (unpaired) electrons. The summed E-state index contributed by atoms with van der Waals surface area (Å²) in [5, 5.41) is 11.7. The van der Waals surface area contributed by atoms with E-state index < -0.39 is 12.1 Å². The van der Waals surface area contributed by atoms with Crippen molar-refractivity contribution in [2.45, 2.75) is 44.3 Å². The molecule has 4 aromatic rings. The largest absolute Gasteiger partial charge is 0.361 e. The van der Waals surface area contributed by atoms with Crippen LogP contribution in [0, 0.1) is 0 Å². The van der Waals surface area contributed by atoms with E-state index in [-0.39, 0.29) is 11.8 Å². The minimum absolute atomic E-state index is 0.197. The number of nitrogens with zero attached hydrogens (tertiary/aromatic N) is 1. The van der Waals surface area contributed by atoms with Crippen molar-refractivity contribution < 1.29 is 9.59 Å². The number of thiocarbonyl (C=S) groups is 1. The predicted molar refractivity (Wildman–Crippen MR) is 168 cm³/mol. The maximum absolute atomic E-state index is 13.6. The number of aromatic amines is 1. The summed E-state index contributed by atoms with van der Waals surface area (Å²) >= 11 is 12.0. The number of carbonyl (C=O) groups is 2. The number of rotatable bonds is 10. The van der Waals surface area contributed by atoms with Gasteiger partial charge in [0, 0.05) is 48.2 Å². The topological polar surface area (TPSA) is 89.3 Å². The first-order chi connectivity index (χ1) is 20.0. The average molecular weight is 588 g/mol. The van der Waals surface area contributed by atoms with Gasteiger partial charge in [-0.15, -0.1) is 0 Å². The molecule has 1 aliphatic heterocycles. The summed E-state index contributed by atoms with van der Waals surface area (Å²) in [7, 11) is 0. The van der Waals surface area contributed by atoms with E-state index in [1.54, 1.807) is 0 Å². The molecule has 0 saturated carbocycles. The summed E-state index contributed by atoms with van der Waals surface area (Å²) < 4.78 is 0. The van der Waals surface area contributed by atoms with E-state index in [4.69, 9.17) is 23.8 Å². The Morgan fingerprint density at radius 1 is 0.976 bits per heavy atom. The summed E-state index contributed by atoms with van der Waals surface area (Å²) in [4.78, 5) is 32.1. The zero-order chi connectivity index (χ0) is 28.6. The van der Waals surface area contributed by atoms with Crippen molar-refractivity contribution in [3.63, 3.8) is 0 Å². The molecular formula is C32H34ClN5O2S. The van der Waals surface area contributed by atoms with Crippen LogP contribution in [0.2, 0.25) is 5.02 Å². The number of benzene rings is 3. The van der Waals surface area contributed by atoms with Crippen LogP contribution in [0.1, 0.15) is 29.5 Å². The Morgan fingerprint density at radius 2 is 1.73 bits per heavy atom. The second-order valence-electron chi connectivity index (χ2n) is 10.3. The predicted octanol–water partition coefficient (Wildman–Crippen LogP) is 4.75. The SMILES string of the molecule is O=C(NCCc1c[nH]c2ccccc12)C(Cc1ccccc1)NC(=O)C1CCCN1C(=S)NCc1ccccc1Cl. The summed E-state index contributed by atoms with van der Waals surface area (Å²) in [5.74, 6) is -0.400. The van der Waals surface area contributed by atoms with Crippen LogP contribution >= 0.6 is 23.8 Å². The summed E-state index contributed by atoms with van der Waals surface area (Å²) in [5.41, 5.74) is 4.13. The van der Waals surface area contributed by atoms with E-state index in [2.05, 4.69) is 27.0 Å². The van der Waals surface area contributed by atoms with Gasteiger partial charge in [0.1, 0.15) is 12.1 Å². The standard InChI is InChI=1S/C32H34ClN5O2S/c33-26-13-6-4-11-24(26)21-36-32(41)38-18-8-15-29(38)31(40)37-28(19-22-9-2-1-3-10-22)30(39)34-17-16-23-20-35-27-14-7-5-12-25(23)27/h1-7,9-14,20,28-29,35H,8,15-19,21H2,(H,34,39)(H,36,41)(H,37,40). The number of hydrogen-bond donors (Lipinski definition) is 4. The van der Waals surface area contributed by atoms with Gasteiger partial charge in [0.2, 0.25) is 11.8 Å². The lowest BCUT2D eigenvalue weighted by Crippen LogP contribution is -2.55. The van der Waals surface area contributed by atoms with Crippen LogP contribution in [-0.4, -0.2) is 52.0 Å². The summed E-state index contributed by atoms with van der Waals surface area (Å²) in [6.45, 7) is 1.61. The third-order valence-electron chi connectivity index (χ3n) is 7.49. The smallest absolute Gasteiger partial charge is 0.243 e. The van der Waals surface area contributed by atoms with Crippen molar-refractivity contribution in [2.24, 2.45) is 0 Å². The molecular weight excluding hydrogens is 554 g/mol. The minimum atomic E-state index is -0.708. The van der Waals surface area contributed by atoms with Crippen LogP contribution in [0.5, 0.6) is 0 Å². The highest BCUT2D eigenvalue weighted by Gasteiger charge is 2.34. The number of fused-ring (bicyclic) bond motifs is 1. The minimum Gasteiger partial charge on any atom is -0.361 e. The molecule has 7 nitrogen and oxygen atoms in total. The lowest BCUT2D eigenvalue weighted by Gasteiger charge is -2.28. The molecule has 2 atom stereocenters. The molecule has 1 aromatic heterocycles. The lowest BCUT2D eigenvalue weighted by atomic mass is 10.0. The van der Waals surface area contributed by atoms with Gasteiger partial charge in [-0.25, -0.2) is 0 Å². The molecule has 0 bridgehead atoms. The Kier molecular flexibility index (Phi) is 9.54. The highest BCUT2D eigenvalue weighted by Crippen LogP contribution is 2.20. The Labute approximate surface area is 250 Å². The third-order valence-corrected chi connectivity index (χ3v) is 8.24. The molecule has 1 saturated heterocycles. The van der Waals surface area contributed by atoms with Gasteiger partial charge in [0.05, 0.1) is 0 Å². The molecule has 1 fully saturated rings. The van der Waals surface area contributed by atoms with Gasteiger partial charge >= 0.3 is 0 Å². The van der Waals surface area contributed by atoms with E-state index in [1.165, 1.54) is 0 Å². The Bertz CT molecular complexity index is 1510. The molecule has 5 rings (SSSR count). The summed E-state index contributed by atoms with van der Waals surface area (Å²) in [6.07, 6.45) is 4.57. The van der Waals surface area contributed by atoms with E-state index in [0.717, 1.165) is 34.0 Å². The van der Waals surface area contributed by atoms with E-state index >= 15 is 0 Å². The second-order valence-corrected chi connectivity index (χ2v) is 11.0. The average Bonchev–Trinajstić information content (AvgIpc) is 3.65. The van der Waals surface area contributed by atoms with E-state index in [9.17, 15) is 9.59 Å². The number of likely N-dealkylation sites (tertiary alicyclic amines) is 1. The first-order valence-electron chi connectivity index (χ1n) is 13.9. The highest BCUT2D eigenvalue weighted by atomic mass is 35.5. The Morgan fingerprint density at radius 3 is 2.56 bits per heavy atom. The van der Waals surface area contributed by atoms with Gasteiger partial charge in [-0.2, -0.15) is 0 Å². The number of aromatic nitrogens is 1. The monoisotopic (exact) mass is 587 g/mol. The van der Waals surface area contributed by atoms with Crippen molar-refractivity contribution in [2.75, 3.05) is 13.1 Å². The molecule has 2 unspecified atom stereocenters. The number of nitrogens with one attached hydrogen (secondary N) is 4. The van der Waals surface area contributed by atoms with Crippen molar-refractivity contribution >= 4 is 51.6 Å². The van der Waals surface area contributed by atoms with Crippen LogP contribution in [-0.2, 0) is 29.0 Å². The van der Waals surface area contributed by atoms with Crippen LogP contribution in [0.25, 0.3) is 10.9 Å². The van der Waals surface area contributed by atoms with Gasteiger partial charge in [0.25, 0.3) is 0 Å². The number of carbonyl (C=O) groups excluding carboxylic acids is 2. The molecule has 0 spiro atoms. The molecule has 0 aliphatic carbocycles. The van der Waals surface area contributed by atoms with E-state index in [1.807, 2.05) is 83.9 Å². The zero-order valence-corrected chi connectivity index (χ0v) is 24.3. The van der Waals surface area contributed by atoms with Crippen LogP contribution in [0.3, 0.4) is 0 Å². The fourth-order valence-electron chi connectivity index (χ4n) is 5.31. The summed E-state index contributed by atoms with van der Waals surface area (Å²) in [6, 6.07) is 24.3. The van der Waals surface area contributed by atoms with Crippen LogP contribution in [0.15, 0.2) is 85.1 Å². The molecule has 9 heteroatoms. The molecule has 41 heavy (non-hydrogen) atoms. The molecule has 4 N–H and O–H groups in total. The first-order valence-corrected chi connectivity index (χ1v) is 14.7. The fraction of sp³-hybridized carbons (Fsp3) is 0.281. The molecule has 3 aromatic carbocycles. The fourth-order valence-corrected chi connectivity index (χ4v) is 5.80. The van der Waals surface area contributed by atoms with Crippen molar-refractivity contribution in [3.8, 4) is 0 Å². The van der Waals surface area contributed by atoms with Gasteiger partial charge in [-0.05, 0) is 60.3 Å². The number of para-hydroxylation sites is 1. The molecule has 2 heterocycles. The number of hydrogen-bond acceptors (Lipinski definition) is 3. The van der Waals surface area contributed by atoms with Gasteiger partial charge in [-0.3, -0.25) is 9.59 Å². The molecule has 212 valence electrons. The quantitative estimate of drug-likeness (QED) is 0.201. The lowest BCUT2D eigenvalue weighted by molar-refractivity contribution is -0.130. The highest BCUT2D eigenvalue weighted by molar-refractivity contribution is 7.80. The van der Waals surface area contributed by atoms with Crippen molar-refractivity contribution in [3.05, 3.63) is 107 Å². The second kappa shape index (κ2) is 13.7. The number of H-pyrrole nitrogens is 1. The van der Waals surface area contributed by atoms with Crippen LogP contribution < -0.4 is 16.0 Å². The Hall–Kier alpha value is -3.88. The molecule has 2 amide bonds. The van der Waals surface area contributed by atoms with Crippen molar-refractivity contribution in [1.29, 1.82) is 0 Å². The van der Waals surface area contributed by atoms with E-state index in [0.29, 0.717) is 49.0 Å². The number of halogens is 1. The van der Waals surface area contributed by atoms with Gasteiger partial charge in [-0.1, -0.05) is 78.3 Å². The van der Waals surface area contributed by atoms with Crippen LogP contribution in [0.4, 0.5) is 0 Å². The van der Waals surface area contributed by atoms with Gasteiger partial charge < -0.3 is 25.8 Å². The maximum Gasteiger partial charge on any atom is 0.243 e. The van der Waals surface area contributed by atoms with Crippen molar-refractivity contribution in [1.82, 2.24) is 25.8 Å².